The quantitative estimate of drug-likeness (QED) is 0.920. The van der Waals surface area contributed by atoms with E-state index in [-0.39, 0.29) is 11.9 Å². The number of hydrogen-bond acceptors (Lipinski definition) is 4. The average Bonchev–Trinajstić information content (AvgIpc) is 3.20. The van der Waals surface area contributed by atoms with Crippen LogP contribution in [0.4, 0.5) is 0 Å². The van der Waals surface area contributed by atoms with Gasteiger partial charge in [0.1, 0.15) is 17.9 Å². The molecule has 2 heterocycles. The fourth-order valence-electron chi connectivity index (χ4n) is 2.93. The first-order valence-corrected chi connectivity index (χ1v) is 8.00. The van der Waals surface area contributed by atoms with E-state index in [1.807, 2.05) is 23.1 Å². The fraction of sp³-hybridized carbons (Fsp3) is 0.471. The molecule has 0 bridgehead atoms. The van der Waals surface area contributed by atoms with Crippen molar-refractivity contribution >= 4 is 5.91 Å². The van der Waals surface area contributed by atoms with Gasteiger partial charge in [-0.05, 0) is 49.9 Å². The minimum Gasteiger partial charge on any atom is -0.493 e. The highest BCUT2D eigenvalue weighted by molar-refractivity contribution is 5.77. The number of benzene rings is 1. The van der Waals surface area contributed by atoms with Crippen LogP contribution in [0.2, 0.25) is 0 Å². The lowest BCUT2D eigenvalue weighted by molar-refractivity contribution is -0.132. The monoisotopic (exact) mass is 314 g/mol. The largest absolute Gasteiger partial charge is 0.493 e. The molecule has 2 aromatic rings. The highest BCUT2D eigenvalue weighted by Crippen LogP contribution is 2.29. The zero-order chi connectivity index (χ0) is 16.2. The Hall–Kier alpha value is -2.37. The first-order valence-electron chi connectivity index (χ1n) is 8.00. The van der Waals surface area contributed by atoms with Crippen molar-refractivity contribution in [1.82, 2.24) is 20.1 Å². The van der Waals surface area contributed by atoms with Crippen molar-refractivity contribution in [2.45, 2.75) is 39.2 Å². The second-order valence-electron chi connectivity index (χ2n) is 5.96. The maximum absolute atomic E-state index is 12.4. The van der Waals surface area contributed by atoms with E-state index in [0.717, 1.165) is 31.0 Å². The highest BCUT2D eigenvalue weighted by atomic mass is 16.5. The molecule has 1 aromatic carbocycles. The zero-order valence-electron chi connectivity index (χ0n) is 13.6. The normalized spacial score (nSPS) is 17.5. The molecule has 1 aliphatic heterocycles. The number of ether oxygens (including phenoxy) is 1. The molecule has 0 spiro atoms. The van der Waals surface area contributed by atoms with Crippen LogP contribution < -0.4 is 4.74 Å². The summed E-state index contributed by atoms with van der Waals surface area (Å²) in [6, 6.07) is 6.01. The molecule has 1 aromatic heterocycles. The molecule has 6 nitrogen and oxygen atoms in total. The highest BCUT2D eigenvalue weighted by Gasteiger charge is 2.31. The summed E-state index contributed by atoms with van der Waals surface area (Å²) < 4.78 is 5.71. The van der Waals surface area contributed by atoms with Gasteiger partial charge in [-0.3, -0.25) is 9.89 Å². The van der Waals surface area contributed by atoms with Gasteiger partial charge in [-0.1, -0.05) is 6.07 Å². The van der Waals surface area contributed by atoms with E-state index in [9.17, 15) is 4.79 Å². The van der Waals surface area contributed by atoms with Crippen molar-refractivity contribution in [1.29, 1.82) is 0 Å². The smallest absolute Gasteiger partial charge is 0.226 e. The van der Waals surface area contributed by atoms with E-state index in [0.29, 0.717) is 13.0 Å². The Kier molecular flexibility index (Phi) is 4.60. The van der Waals surface area contributed by atoms with Crippen LogP contribution in [0.15, 0.2) is 24.5 Å². The summed E-state index contributed by atoms with van der Waals surface area (Å²) in [6.45, 7) is 5.29. The standard InChI is InChI=1S/C17H22N4O2/c1-12-5-6-14(10-13(12)2)23-9-7-16(22)21-8-3-4-15(21)17-18-11-19-20-17/h5-6,10-11,15H,3-4,7-9H2,1-2H3,(H,18,19,20)/t15-/m1/s1. The van der Waals surface area contributed by atoms with Crippen molar-refractivity contribution in [3.63, 3.8) is 0 Å². The molecule has 1 N–H and O–H groups in total. The lowest BCUT2D eigenvalue weighted by Crippen LogP contribution is -2.32. The van der Waals surface area contributed by atoms with Crippen molar-refractivity contribution in [3.05, 3.63) is 41.5 Å². The number of aryl methyl sites for hydroxylation is 2. The summed E-state index contributed by atoms with van der Waals surface area (Å²) >= 11 is 0. The number of carbonyl (C=O) groups is 1. The molecule has 23 heavy (non-hydrogen) atoms. The predicted octanol–water partition coefficient (Wildman–Crippen LogP) is 2.55. The number of nitrogens with zero attached hydrogens (tertiary/aromatic N) is 3. The third kappa shape index (κ3) is 3.52. The number of nitrogens with one attached hydrogen (secondary N) is 1. The summed E-state index contributed by atoms with van der Waals surface area (Å²) in [5.41, 5.74) is 2.43. The Labute approximate surface area is 135 Å². The van der Waals surface area contributed by atoms with E-state index in [4.69, 9.17) is 4.74 Å². The van der Waals surface area contributed by atoms with Crippen LogP contribution in [-0.4, -0.2) is 39.1 Å². The van der Waals surface area contributed by atoms with Crippen LogP contribution in [-0.2, 0) is 4.79 Å². The third-order valence-corrected chi connectivity index (χ3v) is 4.39. The molecule has 0 unspecified atom stereocenters. The lowest BCUT2D eigenvalue weighted by Gasteiger charge is -2.23. The molecule has 1 atom stereocenters. The predicted molar refractivity (Wildman–Crippen MR) is 86.1 cm³/mol. The summed E-state index contributed by atoms with van der Waals surface area (Å²) in [7, 11) is 0. The van der Waals surface area contributed by atoms with Crippen molar-refractivity contribution in [3.8, 4) is 5.75 Å². The second kappa shape index (κ2) is 6.81. The van der Waals surface area contributed by atoms with Gasteiger partial charge in [-0.25, -0.2) is 4.98 Å². The second-order valence-corrected chi connectivity index (χ2v) is 5.96. The molecule has 0 radical (unpaired) electrons. The summed E-state index contributed by atoms with van der Waals surface area (Å²) in [5.74, 6) is 1.69. The van der Waals surface area contributed by atoms with Gasteiger partial charge in [0, 0.05) is 6.54 Å². The number of carbonyl (C=O) groups excluding carboxylic acids is 1. The Morgan fingerprint density at radius 2 is 2.26 bits per heavy atom. The molecule has 3 rings (SSSR count). The fourth-order valence-corrected chi connectivity index (χ4v) is 2.93. The Morgan fingerprint density at radius 1 is 1.39 bits per heavy atom. The number of hydrogen-bond donors (Lipinski definition) is 1. The minimum atomic E-state index is 0.0200. The van der Waals surface area contributed by atoms with Crippen LogP contribution in [0.25, 0.3) is 0 Å². The Morgan fingerprint density at radius 3 is 3.00 bits per heavy atom. The molecule has 1 fully saturated rings. The van der Waals surface area contributed by atoms with Gasteiger partial charge < -0.3 is 9.64 Å². The molecule has 1 saturated heterocycles. The van der Waals surface area contributed by atoms with Crippen molar-refractivity contribution in [2.24, 2.45) is 0 Å². The van der Waals surface area contributed by atoms with Gasteiger partial charge in [-0.15, -0.1) is 0 Å². The first-order chi connectivity index (χ1) is 11.1. The maximum atomic E-state index is 12.4. The first kappa shape index (κ1) is 15.5. The van der Waals surface area contributed by atoms with Gasteiger partial charge in [0.2, 0.25) is 5.91 Å². The number of likely N-dealkylation sites (tertiary alicyclic amines) is 1. The van der Waals surface area contributed by atoms with Gasteiger partial charge in [0.15, 0.2) is 0 Å². The summed E-state index contributed by atoms with van der Waals surface area (Å²) in [6.07, 6.45) is 3.78. The summed E-state index contributed by atoms with van der Waals surface area (Å²) in [4.78, 5) is 18.5. The van der Waals surface area contributed by atoms with E-state index >= 15 is 0 Å². The van der Waals surface area contributed by atoms with E-state index in [1.165, 1.54) is 17.5 Å². The van der Waals surface area contributed by atoms with Crippen LogP contribution in [0, 0.1) is 13.8 Å². The lowest BCUT2D eigenvalue weighted by atomic mass is 10.1. The molecule has 6 heteroatoms. The molecular weight excluding hydrogens is 292 g/mol. The van der Waals surface area contributed by atoms with E-state index in [2.05, 4.69) is 29.0 Å². The SMILES string of the molecule is Cc1ccc(OCCC(=O)N2CCC[C@@H]2c2ncn[nH]2)cc1C. The minimum absolute atomic E-state index is 0.0200. The maximum Gasteiger partial charge on any atom is 0.226 e. The molecule has 1 amide bonds. The number of H-pyrrole nitrogens is 1. The third-order valence-electron chi connectivity index (χ3n) is 4.39. The molecule has 1 aliphatic rings. The van der Waals surface area contributed by atoms with E-state index < -0.39 is 0 Å². The van der Waals surface area contributed by atoms with Gasteiger partial charge in [-0.2, -0.15) is 5.10 Å². The van der Waals surface area contributed by atoms with Crippen molar-refractivity contribution in [2.75, 3.05) is 13.2 Å². The zero-order valence-corrected chi connectivity index (χ0v) is 13.6. The molecule has 0 aliphatic carbocycles. The van der Waals surface area contributed by atoms with Gasteiger partial charge >= 0.3 is 0 Å². The van der Waals surface area contributed by atoms with Gasteiger partial charge in [0.05, 0.1) is 19.1 Å². The van der Waals surface area contributed by atoms with Crippen LogP contribution >= 0.6 is 0 Å². The Balaban J connectivity index is 1.53. The van der Waals surface area contributed by atoms with Crippen molar-refractivity contribution < 1.29 is 9.53 Å². The average molecular weight is 314 g/mol. The van der Waals surface area contributed by atoms with Gasteiger partial charge in [0.25, 0.3) is 0 Å². The van der Waals surface area contributed by atoms with Crippen LogP contribution in [0.1, 0.15) is 42.3 Å². The van der Waals surface area contributed by atoms with E-state index in [1.54, 1.807) is 0 Å². The number of rotatable bonds is 5. The number of aromatic nitrogens is 3. The number of amides is 1. The molecule has 0 saturated carbocycles. The molecule has 122 valence electrons. The Bertz CT molecular complexity index is 669. The van der Waals surface area contributed by atoms with Crippen LogP contribution in [0.3, 0.4) is 0 Å². The van der Waals surface area contributed by atoms with Crippen LogP contribution in [0.5, 0.6) is 5.75 Å². The topological polar surface area (TPSA) is 71.1 Å². The summed E-state index contributed by atoms with van der Waals surface area (Å²) in [5, 5.41) is 6.75. The number of aromatic amines is 1. The molecular formula is C17H22N4O2.